The number of hydrogen-bond acceptors (Lipinski definition) is 2. The number of hydrogen-bond donors (Lipinski definition) is 2. The summed E-state index contributed by atoms with van der Waals surface area (Å²) in [5, 5.41) is 5.09. The Labute approximate surface area is 86.3 Å². The molecule has 4 nitrogen and oxygen atoms in total. The van der Waals surface area contributed by atoms with E-state index in [4.69, 9.17) is 11.6 Å². The molecule has 0 spiro atoms. The van der Waals surface area contributed by atoms with Crippen LogP contribution in [0.1, 0.15) is 0 Å². The van der Waals surface area contributed by atoms with Gasteiger partial charge < -0.3 is 5.32 Å². The summed E-state index contributed by atoms with van der Waals surface area (Å²) in [6.45, 7) is 0.124. The maximum Gasteiger partial charge on any atom is 0.321 e. The summed E-state index contributed by atoms with van der Waals surface area (Å²) in [5.74, 6) is -0.259. The van der Waals surface area contributed by atoms with E-state index in [-0.39, 0.29) is 12.5 Å². The van der Waals surface area contributed by atoms with E-state index < -0.39 is 6.03 Å². The van der Waals surface area contributed by atoms with Crippen LogP contribution in [-0.4, -0.2) is 18.5 Å². The van der Waals surface area contributed by atoms with Crippen molar-refractivity contribution in [3.05, 3.63) is 35.4 Å². The van der Waals surface area contributed by atoms with Gasteiger partial charge in [-0.1, -0.05) is 29.8 Å². The zero-order chi connectivity index (χ0) is 10.4. The molecule has 3 amide bonds. The SMILES string of the molecule is Clc1ccccc1.O=C1CNC(=O)N1. The van der Waals surface area contributed by atoms with Crippen molar-refractivity contribution in [1.29, 1.82) is 0 Å². The molecule has 1 aromatic carbocycles. The van der Waals surface area contributed by atoms with Crippen LogP contribution in [0.5, 0.6) is 0 Å². The van der Waals surface area contributed by atoms with Crippen molar-refractivity contribution in [2.24, 2.45) is 0 Å². The Morgan fingerprint density at radius 1 is 1.14 bits per heavy atom. The Kier molecular flexibility index (Phi) is 3.94. The van der Waals surface area contributed by atoms with E-state index in [1.807, 2.05) is 35.6 Å². The van der Waals surface area contributed by atoms with Gasteiger partial charge >= 0.3 is 6.03 Å². The van der Waals surface area contributed by atoms with Crippen molar-refractivity contribution in [1.82, 2.24) is 10.6 Å². The number of rotatable bonds is 0. The third-order valence-electron chi connectivity index (χ3n) is 1.40. The van der Waals surface area contributed by atoms with Crippen molar-refractivity contribution in [3.8, 4) is 0 Å². The Morgan fingerprint density at radius 2 is 1.79 bits per heavy atom. The lowest BCUT2D eigenvalue weighted by Crippen LogP contribution is -2.22. The van der Waals surface area contributed by atoms with Gasteiger partial charge in [-0.15, -0.1) is 0 Å². The summed E-state index contributed by atoms with van der Waals surface area (Å²) < 4.78 is 0. The average molecular weight is 213 g/mol. The quantitative estimate of drug-likeness (QED) is 0.635. The minimum atomic E-state index is -0.398. The molecule has 0 bridgehead atoms. The smallest absolute Gasteiger partial charge is 0.321 e. The molecule has 5 heteroatoms. The number of halogens is 1. The molecule has 2 rings (SSSR count). The fourth-order valence-corrected chi connectivity index (χ4v) is 0.936. The van der Waals surface area contributed by atoms with Gasteiger partial charge in [0.05, 0.1) is 6.54 Å². The van der Waals surface area contributed by atoms with Crippen LogP contribution < -0.4 is 10.6 Å². The maximum absolute atomic E-state index is 10.1. The summed E-state index contributed by atoms with van der Waals surface area (Å²) in [6.07, 6.45) is 0. The highest BCUT2D eigenvalue weighted by atomic mass is 35.5. The van der Waals surface area contributed by atoms with Crippen LogP contribution in [0.15, 0.2) is 30.3 Å². The topological polar surface area (TPSA) is 58.2 Å². The van der Waals surface area contributed by atoms with Gasteiger partial charge in [0.2, 0.25) is 5.91 Å². The van der Waals surface area contributed by atoms with Crippen molar-refractivity contribution in [2.75, 3.05) is 6.54 Å². The van der Waals surface area contributed by atoms with Gasteiger partial charge in [0.1, 0.15) is 0 Å². The lowest BCUT2D eigenvalue weighted by atomic mass is 10.4. The molecule has 0 unspecified atom stereocenters. The Morgan fingerprint density at radius 3 is 2.00 bits per heavy atom. The van der Waals surface area contributed by atoms with E-state index in [1.54, 1.807) is 0 Å². The monoisotopic (exact) mass is 212 g/mol. The van der Waals surface area contributed by atoms with Gasteiger partial charge in [-0.25, -0.2) is 4.79 Å². The van der Waals surface area contributed by atoms with Gasteiger partial charge in [-0.05, 0) is 12.1 Å². The molecular weight excluding hydrogens is 204 g/mol. The van der Waals surface area contributed by atoms with Crippen molar-refractivity contribution in [2.45, 2.75) is 0 Å². The predicted molar refractivity (Wildman–Crippen MR) is 53.0 cm³/mol. The summed E-state index contributed by atoms with van der Waals surface area (Å²) in [6, 6.07) is 9.05. The van der Waals surface area contributed by atoms with Crippen LogP contribution >= 0.6 is 11.6 Å². The maximum atomic E-state index is 10.1. The first-order valence-corrected chi connectivity index (χ1v) is 4.34. The first kappa shape index (κ1) is 10.5. The minimum Gasteiger partial charge on any atom is -0.329 e. The number of urea groups is 1. The molecule has 2 N–H and O–H groups in total. The number of amides is 3. The standard InChI is InChI=1S/C6H5Cl.C3H4N2O2/c7-6-4-2-1-3-5-6;6-2-1-4-3(7)5-2/h1-5H;1H2,(H2,4,5,6,7). The molecule has 1 fully saturated rings. The average Bonchev–Trinajstić information content (AvgIpc) is 2.52. The number of carbonyl (C=O) groups is 2. The van der Waals surface area contributed by atoms with Gasteiger partial charge in [0.25, 0.3) is 0 Å². The molecule has 14 heavy (non-hydrogen) atoms. The molecule has 0 aliphatic carbocycles. The molecule has 0 radical (unpaired) electrons. The van der Waals surface area contributed by atoms with Crippen LogP contribution in [0.2, 0.25) is 5.02 Å². The van der Waals surface area contributed by atoms with Crippen LogP contribution in [0.3, 0.4) is 0 Å². The van der Waals surface area contributed by atoms with E-state index in [1.165, 1.54) is 0 Å². The Hall–Kier alpha value is -1.55. The summed E-state index contributed by atoms with van der Waals surface area (Å²) in [7, 11) is 0. The normalized spacial score (nSPS) is 13.8. The number of carbonyl (C=O) groups excluding carboxylic acids is 2. The first-order chi connectivity index (χ1) is 6.68. The van der Waals surface area contributed by atoms with E-state index in [0.29, 0.717) is 0 Å². The van der Waals surface area contributed by atoms with Crippen LogP contribution in [0, 0.1) is 0 Å². The van der Waals surface area contributed by atoms with Crippen molar-refractivity contribution in [3.63, 3.8) is 0 Å². The molecule has 0 aromatic heterocycles. The molecule has 1 saturated heterocycles. The van der Waals surface area contributed by atoms with Crippen molar-refractivity contribution >= 4 is 23.5 Å². The molecule has 0 atom stereocenters. The molecule has 1 aliphatic heterocycles. The molecule has 74 valence electrons. The minimum absolute atomic E-state index is 0.124. The second-order valence-corrected chi connectivity index (χ2v) is 2.96. The summed E-state index contributed by atoms with van der Waals surface area (Å²) in [4.78, 5) is 20.1. The fourth-order valence-electron chi connectivity index (χ4n) is 0.790. The largest absolute Gasteiger partial charge is 0.329 e. The van der Waals surface area contributed by atoms with Gasteiger partial charge in [-0.3, -0.25) is 10.1 Å². The van der Waals surface area contributed by atoms with E-state index in [9.17, 15) is 9.59 Å². The molecule has 1 heterocycles. The van der Waals surface area contributed by atoms with Gasteiger partial charge in [0, 0.05) is 5.02 Å². The number of imide groups is 1. The molecule has 0 saturated carbocycles. The summed E-state index contributed by atoms with van der Waals surface area (Å²) >= 11 is 5.54. The fraction of sp³-hybridized carbons (Fsp3) is 0.111. The number of nitrogens with one attached hydrogen (secondary N) is 2. The molecule has 1 aromatic rings. The Bertz CT molecular complexity index is 313. The predicted octanol–water partition coefficient (Wildman–Crippen LogP) is 1.17. The third kappa shape index (κ3) is 3.91. The second kappa shape index (κ2) is 5.24. The van der Waals surface area contributed by atoms with Crippen LogP contribution in [0.4, 0.5) is 4.79 Å². The lowest BCUT2D eigenvalue weighted by Gasteiger charge is -1.80. The first-order valence-electron chi connectivity index (χ1n) is 3.97. The van der Waals surface area contributed by atoms with E-state index in [0.717, 1.165) is 5.02 Å². The zero-order valence-corrected chi connectivity index (χ0v) is 8.04. The molecule has 1 aliphatic rings. The van der Waals surface area contributed by atoms with E-state index in [2.05, 4.69) is 5.32 Å². The van der Waals surface area contributed by atoms with Crippen LogP contribution in [0.25, 0.3) is 0 Å². The van der Waals surface area contributed by atoms with Crippen molar-refractivity contribution < 1.29 is 9.59 Å². The van der Waals surface area contributed by atoms with Gasteiger partial charge in [0.15, 0.2) is 0 Å². The van der Waals surface area contributed by atoms with Crippen LogP contribution in [-0.2, 0) is 4.79 Å². The Balaban J connectivity index is 0.000000140. The number of benzene rings is 1. The zero-order valence-electron chi connectivity index (χ0n) is 7.29. The summed E-state index contributed by atoms with van der Waals surface area (Å²) in [5.41, 5.74) is 0. The highest BCUT2D eigenvalue weighted by molar-refractivity contribution is 6.30. The van der Waals surface area contributed by atoms with E-state index >= 15 is 0 Å². The van der Waals surface area contributed by atoms with Gasteiger partial charge in [-0.2, -0.15) is 0 Å². The lowest BCUT2D eigenvalue weighted by molar-refractivity contribution is -0.117. The highest BCUT2D eigenvalue weighted by Crippen LogP contribution is 2.03. The third-order valence-corrected chi connectivity index (χ3v) is 1.65. The highest BCUT2D eigenvalue weighted by Gasteiger charge is 2.14. The molecular formula is C9H9ClN2O2. The second-order valence-electron chi connectivity index (χ2n) is 2.53.